The Morgan fingerprint density at radius 1 is 1.00 bits per heavy atom. The van der Waals surface area contributed by atoms with Crippen molar-refractivity contribution >= 4 is 17.5 Å². The van der Waals surface area contributed by atoms with E-state index in [1.165, 1.54) is 6.42 Å². The minimum Gasteiger partial charge on any atom is -0.492 e. The van der Waals surface area contributed by atoms with E-state index in [1.54, 1.807) is 12.1 Å². The summed E-state index contributed by atoms with van der Waals surface area (Å²) in [7, 11) is 0. The molecule has 2 atom stereocenters. The fourth-order valence-corrected chi connectivity index (χ4v) is 4.52. The summed E-state index contributed by atoms with van der Waals surface area (Å²) in [6.45, 7) is 4.64. The number of amides is 1. The van der Waals surface area contributed by atoms with Crippen LogP contribution in [0.1, 0.15) is 44.2 Å². The zero-order valence-electron chi connectivity index (χ0n) is 20.2. The third kappa shape index (κ3) is 7.74. The summed E-state index contributed by atoms with van der Waals surface area (Å²) in [6.07, 6.45) is 3.67. The molecule has 1 saturated heterocycles. The van der Waals surface area contributed by atoms with Gasteiger partial charge in [-0.1, -0.05) is 41.9 Å². The molecule has 184 valence electrons. The van der Waals surface area contributed by atoms with E-state index in [0.717, 1.165) is 48.7 Å². The van der Waals surface area contributed by atoms with Gasteiger partial charge in [0.2, 0.25) is 5.91 Å². The van der Waals surface area contributed by atoms with Crippen LogP contribution in [0.15, 0.2) is 78.9 Å². The van der Waals surface area contributed by atoms with Crippen LogP contribution in [-0.4, -0.2) is 36.5 Å². The Bertz CT molecular complexity index is 1060. The molecule has 5 nitrogen and oxygen atoms in total. The van der Waals surface area contributed by atoms with E-state index >= 15 is 0 Å². The van der Waals surface area contributed by atoms with Crippen LogP contribution < -0.4 is 14.8 Å². The van der Waals surface area contributed by atoms with Crippen LogP contribution in [0, 0.1) is 0 Å². The van der Waals surface area contributed by atoms with E-state index < -0.39 is 0 Å². The molecule has 0 bridgehead atoms. The quantitative estimate of drug-likeness (QED) is 0.326. The number of hydrogen-bond donors (Lipinski definition) is 1. The molecule has 1 aliphatic rings. The summed E-state index contributed by atoms with van der Waals surface area (Å²) in [5.41, 5.74) is 1.13. The van der Waals surface area contributed by atoms with Gasteiger partial charge < -0.3 is 14.8 Å². The van der Waals surface area contributed by atoms with Gasteiger partial charge in [-0.2, -0.15) is 0 Å². The zero-order chi connectivity index (χ0) is 24.5. The van der Waals surface area contributed by atoms with Crippen LogP contribution in [0.2, 0.25) is 5.02 Å². The predicted octanol–water partition coefficient (Wildman–Crippen LogP) is 6.63. The molecule has 35 heavy (non-hydrogen) atoms. The lowest BCUT2D eigenvalue weighted by Gasteiger charge is -2.24. The molecule has 1 N–H and O–H groups in total. The highest BCUT2D eigenvalue weighted by atomic mass is 35.5. The highest BCUT2D eigenvalue weighted by Gasteiger charge is 2.25. The van der Waals surface area contributed by atoms with Crippen LogP contribution in [0.4, 0.5) is 0 Å². The van der Waals surface area contributed by atoms with E-state index in [-0.39, 0.29) is 11.9 Å². The van der Waals surface area contributed by atoms with Crippen molar-refractivity contribution in [2.24, 2.45) is 0 Å². The fraction of sp³-hybridized carbons (Fsp3) is 0.345. The Labute approximate surface area is 213 Å². The van der Waals surface area contributed by atoms with E-state index in [0.29, 0.717) is 24.1 Å². The van der Waals surface area contributed by atoms with Gasteiger partial charge in [-0.3, -0.25) is 9.69 Å². The maximum atomic E-state index is 12.4. The number of hydrogen-bond acceptors (Lipinski definition) is 4. The van der Waals surface area contributed by atoms with Crippen LogP contribution >= 0.6 is 11.6 Å². The second kappa shape index (κ2) is 12.6. The Morgan fingerprint density at radius 2 is 1.66 bits per heavy atom. The topological polar surface area (TPSA) is 50.8 Å². The van der Waals surface area contributed by atoms with Gasteiger partial charge in [0.25, 0.3) is 0 Å². The third-order valence-electron chi connectivity index (χ3n) is 6.34. The molecule has 1 heterocycles. The van der Waals surface area contributed by atoms with Gasteiger partial charge in [0.15, 0.2) is 0 Å². The van der Waals surface area contributed by atoms with Gasteiger partial charge in [0.05, 0.1) is 6.04 Å². The first-order chi connectivity index (χ1) is 17.1. The number of nitrogens with one attached hydrogen (secondary N) is 1. The van der Waals surface area contributed by atoms with Crippen molar-refractivity contribution in [2.75, 3.05) is 19.7 Å². The molecule has 0 spiro atoms. The van der Waals surface area contributed by atoms with Gasteiger partial charge in [0.1, 0.15) is 23.9 Å². The number of benzene rings is 3. The normalized spacial score (nSPS) is 16.6. The molecule has 1 amide bonds. The maximum absolute atomic E-state index is 12.4. The molecule has 0 radical (unpaired) electrons. The monoisotopic (exact) mass is 492 g/mol. The van der Waals surface area contributed by atoms with E-state index in [1.807, 2.05) is 73.7 Å². The Hall–Kier alpha value is -3.02. The zero-order valence-corrected chi connectivity index (χ0v) is 20.9. The molecule has 4 rings (SSSR count). The van der Waals surface area contributed by atoms with E-state index in [2.05, 4.69) is 10.2 Å². The lowest BCUT2D eigenvalue weighted by Crippen LogP contribution is -2.35. The van der Waals surface area contributed by atoms with Gasteiger partial charge in [-0.25, -0.2) is 0 Å². The number of nitrogens with zero attached hydrogens (tertiary/aromatic N) is 1. The second-order valence-corrected chi connectivity index (χ2v) is 9.41. The molecule has 0 aliphatic carbocycles. The maximum Gasteiger partial charge on any atom is 0.220 e. The van der Waals surface area contributed by atoms with Gasteiger partial charge in [-0.05, 0) is 93.4 Å². The Kier molecular flexibility index (Phi) is 9.04. The van der Waals surface area contributed by atoms with Crippen LogP contribution in [0.3, 0.4) is 0 Å². The number of carbonyl (C=O) groups excluding carboxylic acids is 1. The molecule has 0 saturated carbocycles. The number of halogens is 1. The predicted molar refractivity (Wildman–Crippen MR) is 140 cm³/mol. The number of rotatable bonds is 11. The van der Waals surface area contributed by atoms with Crippen molar-refractivity contribution in [1.82, 2.24) is 10.2 Å². The summed E-state index contributed by atoms with van der Waals surface area (Å²) in [5.74, 6) is 2.43. The number of carbonyl (C=O) groups is 1. The van der Waals surface area contributed by atoms with E-state index in [9.17, 15) is 4.79 Å². The Morgan fingerprint density at radius 3 is 2.37 bits per heavy atom. The molecule has 1 fully saturated rings. The smallest absolute Gasteiger partial charge is 0.220 e. The summed E-state index contributed by atoms with van der Waals surface area (Å²) < 4.78 is 11.9. The van der Waals surface area contributed by atoms with Gasteiger partial charge in [-0.15, -0.1) is 0 Å². The first kappa shape index (κ1) is 25.1. The van der Waals surface area contributed by atoms with Crippen molar-refractivity contribution in [1.29, 1.82) is 0 Å². The average Bonchev–Trinajstić information content (AvgIpc) is 3.33. The highest BCUT2D eigenvalue weighted by molar-refractivity contribution is 6.30. The molecular formula is C29H33ClN2O3. The van der Waals surface area contributed by atoms with Crippen molar-refractivity contribution in [3.63, 3.8) is 0 Å². The molecule has 3 aromatic rings. The van der Waals surface area contributed by atoms with Crippen molar-refractivity contribution < 1.29 is 14.3 Å². The van der Waals surface area contributed by atoms with E-state index in [4.69, 9.17) is 21.1 Å². The molecule has 6 heteroatoms. The van der Waals surface area contributed by atoms with Crippen LogP contribution in [0.5, 0.6) is 17.2 Å². The second-order valence-electron chi connectivity index (χ2n) is 8.97. The average molecular weight is 493 g/mol. The minimum atomic E-state index is 0.0274. The first-order valence-electron chi connectivity index (χ1n) is 12.3. The summed E-state index contributed by atoms with van der Waals surface area (Å²) in [5, 5.41) is 3.79. The van der Waals surface area contributed by atoms with Gasteiger partial charge in [0, 0.05) is 17.5 Å². The SMILES string of the molecule is CC(NC(=O)CCCN1CCCC1COc1ccc(Oc2ccc(Cl)cc2)cc1)c1ccccc1. The minimum absolute atomic E-state index is 0.0274. The lowest BCUT2D eigenvalue weighted by atomic mass is 10.1. The molecule has 2 unspecified atom stereocenters. The number of likely N-dealkylation sites (tertiary alicyclic amines) is 1. The molecule has 0 aromatic heterocycles. The summed E-state index contributed by atoms with van der Waals surface area (Å²) >= 11 is 5.92. The molecular weight excluding hydrogens is 460 g/mol. The van der Waals surface area contributed by atoms with Crippen molar-refractivity contribution in [2.45, 2.75) is 44.7 Å². The highest BCUT2D eigenvalue weighted by Crippen LogP contribution is 2.26. The standard InChI is InChI=1S/C29H33ClN2O3/c1-22(23-7-3-2-4-8-23)31-29(33)10-6-20-32-19-5-9-25(32)21-34-26-15-17-28(18-16-26)35-27-13-11-24(30)12-14-27/h2-4,7-8,11-18,22,25H,5-6,9-10,19-21H2,1H3,(H,31,33). The first-order valence-corrected chi connectivity index (χ1v) is 12.7. The third-order valence-corrected chi connectivity index (χ3v) is 6.59. The Balaban J connectivity index is 1.17. The van der Waals surface area contributed by atoms with Crippen molar-refractivity contribution in [3.05, 3.63) is 89.4 Å². The van der Waals surface area contributed by atoms with Crippen LogP contribution in [0.25, 0.3) is 0 Å². The molecule has 3 aromatic carbocycles. The summed E-state index contributed by atoms with van der Waals surface area (Å²) in [4.78, 5) is 14.8. The summed E-state index contributed by atoms with van der Waals surface area (Å²) in [6, 6.07) is 25.4. The van der Waals surface area contributed by atoms with Gasteiger partial charge >= 0.3 is 0 Å². The fourth-order valence-electron chi connectivity index (χ4n) is 4.39. The molecule has 1 aliphatic heterocycles. The van der Waals surface area contributed by atoms with Crippen molar-refractivity contribution in [3.8, 4) is 17.2 Å². The largest absolute Gasteiger partial charge is 0.492 e. The van der Waals surface area contributed by atoms with Crippen LogP contribution in [-0.2, 0) is 4.79 Å². The number of ether oxygens (including phenoxy) is 2. The lowest BCUT2D eigenvalue weighted by molar-refractivity contribution is -0.121.